The molecular weight excluding hydrogens is 330 g/mol. The molecule has 4 rings (SSSR count). The number of fused-ring (bicyclic) bond motifs is 3. The van der Waals surface area contributed by atoms with Crippen molar-refractivity contribution in [1.82, 2.24) is 9.97 Å². The lowest BCUT2D eigenvalue weighted by Crippen LogP contribution is -1.92. The zero-order valence-electron chi connectivity index (χ0n) is 10.8. The molecule has 0 N–H and O–H groups in total. The number of aryl methyl sites for hydroxylation is 2. The highest BCUT2D eigenvalue weighted by Gasteiger charge is 2.22. The van der Waals surface area contributed by atoms with Crippen LogP contribution in [0.15, 0.2) is 18.2 Å². The van der Waals surface area contributed by atoms with Crippen LogP contribution in [-0.4, -0.2) is 9.97 Å². The lowest BCUT2D eigenvalue weighted by molar-refractivity contribution is 0.628. The zero-order valence-corrected chi connectivity index (χ0v) is 13.1. The van der Waals surface area contributed by atoms with Gasteiger partial charge in [0, 0.05) is 10.4 Å². The molecule has 0 spiro atoms. The minimum atomic E-state index is -0.456. The molecular formula is C15H9Cl2FN2S. The summed E-state index contributed by atoms with van der Waals surface area (Å²) in [7, 11) is 0. The average Bonchev–Trinajstić information content (AvgIpc) is 3.01. The summed E-state index contributed by atoms with van der Waals surface area (Å²) in [4.78, 5) is 11.2. The molecule has 21 heavy (non-hydrogen) atoms. The fourth-order valence-electron chi connectivity index (χ4n) is 2.72. The highest BCUT2D eigenvalue weighted by atomic mass is 35.5. The van der Waals surface area contributed by atoms with E-state index in [1.54, 1.807) is 17.4 Å². The molecule has 106 valence electrons. The Morgan fingerprint density at radius 2 is 2.00 bits per heavy atom. The molecule has 0 aliphatic heterocycles. The van der Waals surface area contributed by atoms with E-state index >= 15 is 0 Å². The maximum absolute atomic E-state index is 13.3. The predicted octanol–water partition coefficient (Wildman–Crippen LogP) is 5.29. The summed E-state index contributed by atoms with van der Waals surface area (Å²) >= 11 is 13.9. The van der Waals surface area contributed by atoms with E-state index in [1.165, 1.54) is 29.0 Å². The Balaban J connectivity index is 1.92. The van der Waals surface area contributed by atoms with Gasteiger partial charge in [-0.1, -0.05) is 23.2 Å². The van der Waals surface area contributed by atoms with E-state index in [9.17, 15) is 4.39 Å². The van der Waals surface area contributed by atoms with Crippen LogP contribution >= 0.6 is 34.5 Å². The molecule has 0 fully saturated rings. The van der Waals surface area contributed by atoms with Gasteiger partial charge in [-0.25, -0.2) is 14.4 Å². The van der Waals surface area contributed by atoms with Crippen LogP contribution in [0, 0.1) is 5.82 Å². The summed E-state index contributed by atoms with van der Waals surface area (Å²) in [5, 5.41) is 1.50. The molecule has 1 aliphatic rings. The molecule has 0 radical (unpaired) electrons. The molecule has 0 unspecified atom stereocenters. The van der Waals surface area contributed by atoms with Gasteiger partial charge in [-0.05, 0) is 43.0 Å². The molecule has 0 saturated heterocycles. The van der Waals surface area contributed by atoms with Gasteiger partial charge in [0.15, 0.2) is 5.82 Å². The van der Waals surface area contributed by atoms with Gasteiger partial charge in [0.05, 0.1) is 10.4 Å². The number of thiophene rings is 1. The van der Waals surface area contributed by atoms with Gasteiger partial charge in [-0.15, -0.1) is 11.3 Å². The number of rotatable bonds is 1. The Morgan fingerprint density at radius 3 is 2.81 bits per heavy atom. The first-order chi connectivity index (χ1) is 10.1. The van der Waals surface area contributed by atoms with Crippen LogP contribution in [0.1, 0.15) is 16.9 Å². The predicted molar refractivity (Wildman–Crippen MR) is 84.9 cm³/mol. The van der Waals surface area contributed by atoms with E-state index in [0.717, 1.165) is 23.1 Å². The van der Waals surface area contributed by atoms with Crippen molar-refractivity contribution in [2.75, 3.05) is 0 Å². The number of benzene rings is 1. The number of aromatic nitrogens is 2. The van der Waals surface area contributed by atoms with Crippen LogP contribution in [0.2, 0.25) is 10.2 Å². The van der Waals surface area contributed by atoms with Crippen molar-refractivity contribution in [1.29, 1.82) is 0 Å². The van der Waals surface area contributed by atoms with Gasteiger partial charge in [-0.3, -0.25) is 0 Å². The Morgan fingerprint density at radius 1 is 1.14 bits per heavy atom. The third kappa shape index (κ3) is 2.13. The van der Waals surface area contributed by atoms with E-state index in [1.807, 2.05) is 0 Å². The first-order valence-electron chi connectivity index (χ1n) is 6.56. The van der Waals surface area contributed by atoms with Gasteiger partial charge in [-0.2, -0.15) is 0 Å². The first-order valence-corrected chi connectivity index (χ1v) is 8.14. The SMILES string of the molecule is Fc1ccc(-c2nc(Cl)c3c4c(sc3n2)CCC4)cc1Cl. The molecule has 0 atom stereocenters. The standard InChI is InChI=1S/C15H9Cl2FN2S/c16-9-6-7(4-5-10(9)18)14-19-13(17)12-8-2-1-3-11(8)21-15(12)20-14/h4-6H,1-3H2. The van der Waals surface area contributed by atoms with Gasteiger partial charge < -0.3 is 0 Å². The second kappa shape index (κ2) is 4.90. The molecule has 2 heterocycles. The van der Waals surface area contributed by atoms with E-state index in [4.69, 9.17) is 23.2 Å². The van der Waals surface area contributed by atoms with Crippen LogP contribution in [0.5, 0.6) is 0 Å². The lowest BCUT2D eigenvalue weighted by atomic mass is 10.2. The van der Waals surface area contributed by atoms with Crippen molar-refractivity contribution in [3.63, 3.8) is 0 Å². The smallest absolute Gasteiger partial charge is 0.162 e. The summed E-state index contributed by atoms with van der Waals surface area (Å²) in [5.74, 6) is 0.0250. The van der Waals surface area contributed by atoms with Crippen molar-refractivity contribution < 1.29 is 4.39 Å². The highest BCUT2D eigenvalue weighted by molar-refractivity contribution is 7.19. The maximum Gasteiger partial charge on any atom is 0.162 e. The van der Waals surface area contributed by atoms with Gasteiger partial charge in [0.1, 0.15) is 15.8 Å². The molecule has 3 aromatic rings. The summed E-state index contributed by atoms with van der Waals surface area (Å²) in [6.45, 7) is 0. The molecule has 0 amide bonds. The molecule has 0 saturated carbocycles. The zero-order chi connectivity index (χ0) is 14.6. The van der Waals surface area contributed by atoms with Crippen LogP contribution in [0.3, 0.4) is 0 Å². The largest absolute Gasteiger partial charge is 0.217 e. The third-order valence-electron chi connectivity index (χ3n) is 3.70. The molecule has 0 bridgehead atoms. The molecule has 2 nitrogen and oxygen atoms in total. The van der Waals surface area contributed by atoms with Crippen molar-refractivity contribution in [2.24, 2.45) is 0 Å². The minimum absolute atomic E-state index is 0.0565. The van der Waals surface area contributed by atoms with Crippen LogP contribution < -0.4 is 0 Å². The minimum Gasteiger partial charge on any atom is -0.217 e. The fourth-order valence-corrected chi connectivity index (χ4v) is 4.50. The lowest BCUT2D eigenvalue weighted by Gasteiger charge is -2.04. The Labute approximate surface area is 134 Å². The van der Waals surface area contributed by atoms with Crippen LogP contribution in [0.25, 0.3) is 21.6 Å². The highest BCUT2D eigenvalue weighted by Crippen LogP contribution is 2.40. The van der Waals surface area contributed by atoms with Crippen molar-refractivity contribution >= 4 is 44.8 Å². The van der Waals surface area contributed by atoms with Gasteiger partial charge >= 0.3 is 0 Å². The normalized spacial score (nSPS) is 13.9. The summed E-state index contributed by atoms with van der Waals surface area (Å²) < 4.78 is 13.3. The summed E-state index contributed by atoms with van der Waals surface area (Å²) in [6, 6.07) is 4.45. The Kier molecular flexibility index (Phi) is 3.14. The summed E-state index contributed by atoms with van der Waals surface area (Å²) in [5.41, 5.74) is 1.96. The summed E-state index contributed by atoms with van der Waals surface area (Å²) in [6.07, 6.45) is 3.30. The average molecular weight is 339 g/mol. The molecule has 6 heteroatoms. The number of hydrogen-bond donors (Lipinski definition) is 0. The third-order valence-corrected chi connectivity index (χ3v) is 5.45. The van der Waals surface area contributed by atoms with Crippen molar-refractivity contribution in [2.45, 2.75) is 19.3 Å². The Hall–Kier alpha value is -1.23. The van der Waals surface area contributed by atoms with Crippen molar-refractivity contribution in [3.8, 4) is 11.4 Å². The molecule has 2 aromatic heterocycles. The number of halogens is 3. The molecule has 1 aliphatic carbocycles. The van der Waals surface area contributed by atoms with Gasteiger partial charge in [0.2, 0.25) is 0 Å². The second-order valence-electron chi connectivity index (χ2n) is 5.00. The Bertz CT molecular complexity index is 876. The first kappa shape index (κ1) is 13.4. The fraction of sp³-hybridized carbons (Fsp3) is 0.200. The monoisotopic (exact) mass is 338 g/mol. The van der Waals surface area contributed by atoms with E-state index in [2.05, 4.69) is 9.97 Å². The van der Waals surface area contributed by atoms with E-state index in [0.29, 0.717) is 16.5 Å². The quantitative estimate of drug-likeness (QED) is 0.563. The maximum atomic E-state index is 13.3. The van der Waals surface area contributed by atoms with E-state index in [-0.39, 0.29) is 5.02 Å². The van der Waals surface area contributed by atoms with Crippen LogP contribution in [0.4, 0.5) is 4.39 Å². The molecule has 1 aromatic carbocycles. The number of hydrogen-bond acceptors (Lipinski definition) is 3. The van der Waals surface area contributed by atoms with E-state index < -0.39 is 5.82 Å². The second-order valence-corrected chi connectivity index (χ2v) is 6.85. The van der Waals surface area contributed by atoms with Gasteiger partial charge in [0.25, 0.3) is 0 Å². The topological polar surface area (TPSA) is 25.8 Å². The number of nitrogens with zero attached hydrogens (tertiary/aromatic N) is 2. The van der Waals surface area contributed by atoms with Crippen molar-refractivity contribution in [3.05, 3.63) is 44.6 Å². The van der Waals surface area contributed by atoms with Crippen LogP contribution in [-0.2, 0) is 12.8 Å².